The summed E-state index contributed by atoms with van der Waals surface area (Å²) in [7, 11) is -2.98. The summed E-state index contributed by atoms with van der Waals surface area (Å²) < 4.78 is 19.5. The molecule has 0 aliphatic heterocycles. The van der Waals surface area contributed by atoms with E-state index in [9.17, 15) is 4.79 Å². The molecule has 1 N–H and O–H groups in total. The van der Waals surface area contributed by atoms with Crippen LogP contribution < -0.4 is 0 Å². The molecule has 7 heteroatoms. The minimum absolute atomic E-state index is 0.370. The van der Waals surface area contributed by atoms with Crippen LogP contribution in [-0.4, -0.2) is 57.5 Å². The third kappa shape index (κ3) is 5.88. The van der Waals surface area contributed by atoms with Crippen molar-refractivity contribution in [3.63, 3.8) is 0 Å². The minimum Gasteiger partial charge on any atom is -0.481 e. The number of nitrogens with zero attached hydrogens (tertiary/aromatic N) is 1. The Balaban J connectivity index is 5.19. The van der Waals surface area contributed by atoms with Crippen LogP contribution in [0.5, 0.6) is 0 Å². The highest BCUT2D eigenvalue weighted by Crippen LogP contribution is 2.19. The fraction of sp³-hybridized carbons (Fsp3) is 0.923. The Morgan fingerprint density at radius 1 is 1.10 bits per heavy atom. The van der Waals surface area contributed by atoms with Crippen LogP contribution in [0, 0.1) is 5.92 Å². The maximum absolute atomic E-state index is 11.1. The first-order valence-corrected chi connectivity index (χ1v) is 9.04. The van der Waals surface area contributed by atoms with Gasteiger partial charge in [0.25, 0.3) is 0 Å². The molecule has 0 aliphatic rings. The molecule has 0 aromatic rings. The van der Waals surface area contributed by atoms with Crippen LogP contribution in [0.25, 0.3) is 0 Å². The molecule has 0 saturated carbocycles. The summed E-state index contributed by atoms with van der Waals surface area (Å²) >= 11 is 0. The van der Waals surface area contributed by atoms with Crippen LogP contribution in [0.1, 0.15) is 41.0 Å². The second-order valence-electron chi connectivity index (χ2n) is 4.51. The number of hydrogen-bond acceptors (Lipinski definition) is 5. The van der Waals surface area contributed by atoms with Crippen LogP contribution in [0.2, 0.25) is 0 Å². The summed E-state index contributed by atoms with van der Waals surface area (Å²) in [6.45, 7) is 11.9. The highest BCUT2D eigenvalue weighted by Gasteiger charge is 2.48. The zero-order chi connectivity index (χ0) is 15.6. The monoisotopic (exact) mass is 307 g/mol. The zero-order valence-corrected chi connectivity index (χ0v) is 14.3. The highest BCUT2D eigenvalue weighted by molar-refractivity contribution is 6.57. The summed E-state index contributed by atoms with van der Waals surface area (Å²) in [6, 6.07) is 0. The molecule has 1 atom stereocenters. The lowest BCUT2D eigenvalue weighted by molar-refractivity contribution is -0.141. The van der Waals surface area contributed by atoms with E-state index in [1.807, 2.05) is 32.3 Å². The maximum atomic E-state index is 11.1. The molecule has 0 aromatic carbocycles. The van der Waals surface area contributed by atoms with Crippen molar-refractivity contribution in [2.24, 2.45) is 5.92 Å². The van der Waals surface area contributed by atoms with Gasteiger partial charge in [-0.2, -0.15) is 0 Å². The van der Waals surface area contributed by atoms with Crippen LogP contribution >= 0.6 is 0 Å². The van der Waals surface area contributed by atoms with Gasteiger partial charge in [0, 0.05) is 26.4 Å². The SMILES string of the molecule is CCCN(CC(C)C(=O)O)[Si](OCC)(OCC)OCC. The van der Waals surface area contributed by atoms with E-state index in [-0.39, 0.29) is 0 Å². The van der Waals surface area contributed by atoms with Crippen LogP contribution in [-0.2, 0) is 18.1 Å². The summed E-state index contributed by atoms with van der Waals surface area (Å²) in [6.07, 6.45) is 0.883. The van der Waals surface area contributed by atoms with Gasteiger partial charge in [-0.25, -0.2) is 0 Å². The standard InChI is InChI=1S/C13H29NO5Si/c1-6-10-14(11-12(5)13(15)16)20(17-7-2,18-8-3)19-9-4/h12H,6-11H2,1-5H3,(H,15,16). The first kappa shape index (κ1) is 19.5. The first-order valence-electron chi connectivity index (χ1n) is 7.36. The molecule has 0 radical (unpaired) electrons. The molecule has 20 heavy (non-hydrogen) atoms. The van der Waals surface area contributed by atoms with Gasteiger partial charge >= 0.3 is 14.9 Å². The molecule has 0 rings (SSSR count). The smallest absolute Gasteiger partial charge is 0.481 e. The van der Waals surface area contributed by atoms with Gasteiger partial charge in [-0.1, -0.05) is 13.8 Å². The predicted molar refractivity (Wildman–Crippen MR) is 79.3 cm³/mol. The van der Waals surface area contributed by atoms with Crippen molar-refractivity contribution in [3.8, 4) is 0 Å². The zero-order valence-electron chi connectivity index (χ0n) is 13.3. The van der Waals surface area contributed by atoms with Gasteiger partial charge in [0.15, 0.2) is 0 Å². The highest BCUT2D eigenvalue weighted by atomic mass is 28.4. The molecule has 0 aliphatic carbocycles. The van der Waals surface area contributed by atoms with Gasteiger partial charge in [-0.15, -0.1) is 0 Å². The average Bonchev–Trinajstić information content (AvgIpc) is 2.38. The molecule has 1 unspecified atom stereocenters. The van der Waals surface area contributed by atoms with Crippen molar-refractivity contribution in [1.82, 2.24) is 4.57 Å². The van der Waals surface area contributed by atoms with E-state index >= 15 is 0 Å². The predicted octanol–water partition coefficient (Wildman–Crippen LogP) is 1.96. The Hall–Kier alpha value is -0.473. The van der Waals surface area contributed by atoms with Gasteiger partial charge < -0.3 is 18.4 Å². The first-order chi connectivity index (χ1) is 9.47. The lowest BCUT2D eigenvalue weighted by Crippen LogP contribution is -2.62. The van der Waals surface area contributed by atoms with E-state index < -0.39 is 20.9 Å². The van der Waals surface area contributed by atoms with E-state index in [1.54, 1.807) is 6.92 Å². The average molecular weight is 307 g/mol. The van der Waals surface area contributed by atoms with Gasteiger partial charge in [0.2, 0.25) is 0 Å². The minimum atomic E-state index is -2.98. The third-order valence-corrected chi connectivity index (χ3v) is 5.92. The van der Waals surface area contributed by atoms with Gasteiger partial charge in [-0.3, -0.25) is 9.36 Å². The second kappa shape index (κ2) is 10.3. The van der Waals surface area contributed by atoms with Crippen molar-refractivity contribution < 1.29 is 23.2 Å². The summed E-state index contributed by atoms with van der Waals surface area (Å²) in [5.41, 5.74) is 0. The molecule has 0 amide bonds. The Kier molecular flexibility index (Phi) is 10.0. The van der Waals surface area contributed by atoms with Gasteiger partial charge in [-0.05, 0) is 33.7 Å². The molecule has 0 fully saturated rings. The second-order valence-corrected chi connectivity index (χ2v) is 7.05. The van der Waals surface area contributed by atoms with Crippen LogP contribution in [0.15, 0.2) is 0 Å². The quantitative estimate of drug-likeness (QED) is 0.556. The lowest BCUT2D eigenvalue weighted by Gasteiger charge is -2.38. The van der Waals surface area contributed by atoms with Crippen molar-refractivity contribution >= 4 is 14.9 Å². The Morgan fingerprint density at radius 2 is 1.55 bits per heavy atom. The third-order valence-electron chi connectivity index (χ3n) is 2.78. The Morgan fingerprint density at radius 3 is 1.85 bits per heavy atom. The summed E-state index contributed by atoms with van der Waals surface area (Å²) in [5, 5.41) is 9.12. The van der Waals surface area contributed by atoms with Crippen molar-refractivity contribution in [1.29, 1.82) is 0 Å². The number of aliphatic carboxylic acids is 1. The fourth-order valence-electron chi connectivity index (χ4n) is 1.96. The fourth-order valence-corrected chi connectivity index (χ4v) is 4.85. The molecule has 0 saturated heterocycles. The van der Waals surface area contributed by atoms with Crippen molar-refractivity contribution in [3.05, 3.63) is 0 Å². The number of carboxylic acid groups (broad SMARTS) is 1. The van der Waals surface area contributed by atoms with Crippen molar-refractivity contribution in [2.45, 2.75) is 41.0 Å². The lowest BCUT2D eigenvalue weighted by atomic mass is 10.2. The molecule has 0 aromatic heterocycles. The molecule has 6 nitrogen and oxygen atoms in total. The van der Waals surface area contributed by atoms with E-state index in [1.165, 1.54) is 0 Å². The molecule has 120 valence electrons. The normalized spacial score (nSPS) is 13.7. The Bertz CT molecular complexity index is 260. The van der Waals surface area contributed by atoms with E-state index in [0.29, 0.717) is 32.9 Å². The summed E-state index contributed by atoms with van der Waals surface area (Å²) in [5.74, 6) is -1.31. The number of carbonyl (C=O) groups is 1. The molecule has 0 heterocycles. The summed E-state index contributed by atoms with van der Waals surface area (Å²) in [4.78, 5) is 11.1. The van der Waals surface area contributed by atoms with Gasteiger partial charge in [0.05, 0.1) is 5.92 Å². The van der Waals surface area contributed by atoms with Gasteiger partial charge in [0.1, 0.15) is 0 Å². The topological polar surface area (TPSA) is 68.2 Å². The number of carboxylic acids is 1. The Labute approximate surface area is 123 Å². The van der Waals surface area contributed by atoms with E-state index in [4.69, 9.17) is 18.4 Å². The molecule has 0 spiro atoms. The number of rotatable bonds is 12. The molecular formula is C13H29NO5Si. The largest absolute Gasteiger partial charge is 0.599 e. The van der Waals surface area contributed by atoms with Crippen LogP contribution in [0.4, 0.5) is 0 Å². The maximum Gasteiger partial charge on any atom is 0.599 e. The molecule has 0 bridgehead atoms. The van der Waals surface area contributed by atoms with Crippen molar-refractivity contribution in [2.75, 3.05) is 32.9 Å². The number of hydrogen-bond donors (Lipinski definition) is 1. The van der Waals surface area contributed by atoms with E-state index in [2.05, 4.69) is 0 Å². The van der Waals surface area contributed by atoms with Crippen LogP contribution in [0.3, 0.4) is 0 Å². The van der Waals surface area contributed by atoms with E-state index in [0.717, 1.165) is 6.42 Å². The molecular weight excluding hydrogens is 278 g/mol.